The largest absolute Gasteiger partial charge is 0.345 e. The third-order valence-electron chi connectivity index (χ3n) is 4.12. The van der Waals surface area contributed by atoms with Gasteiger partial charge in [0, 0.05) is 13.1 Å². The first-order valence-corrected chi connectivity index (χ1v) is 8.29. The Morgan fingerprint density at radius 3 is 2.87 bits per heavy atom. The molecule has 4 heteroatoms. The van der Waals surface area contributed by atoms with Gasteiger partial charge in [-0.05, 0) is 39.0 Å². The van der Waals surface area contributed by atoms with Crippen molar-refractivity contribution in [2.45, 2.75) is 19.4 Å². The van der Waals surface area contributed by atoms with Crippen molar-refractivity contribution in [1.29, 1.82) is 0 Å². The molecule has 1 N–H and O–H groups in total. The van der Waals surface area contributed by atoms with E-state index in [1.165, 1.54) is 5.56 Å². The van der Waals surface area contributed by atoms with Crippen molar-refractivity contribution in [1.82, 2.24) is 15.1 Å². The maximum Gasteiger partial charge on any atom is 0.225 e. The molecule has 0 radical (unpaired) electrons. The zero-order valence-electron chi connectivity index (χ0n) is 14.2. The number of hydrogen-bond donors (Lipinski definition) is 1. The van der Waals surface area contributed by atoms with Crippen LogP contribution in [-0.4, -0.2) is 56.0 Å². The molecule has 1 heterocycles. The molecule has 124 valence electrons. The fraction of sp³-hybridized carbons (Fsp3) is 0.526. The summed E-state index contributed by atoms with van der Waals surface area (Å²) < 4.78 is 0. The Morgan fingerprint density at radius 1 is 1.35 bits per heavy atom. The van der Waals surface area contributed by atoms with Crippen LogP contribution in [0.2, 0.25) is 0 Å². The third kappa shape index (κ3) is 6.43. The molecule has 1 aromatic rings. The topological polar surface area (TPSA) is 35.6 Å². The van der Waals surface area contributed by atoms with Crippen molar-refractivity contribution in [3.63, 3.8) is 0 Å². The molecule has 0 saturated carbocycles. The van der Waals surface area contributed by atoms with Crippen LogP contribution in [0.3, 0.4) is 0 Å². The van der Waals surface area contributed by atoms with Gasteiger partial charge in [0.05, 0.1) is 19.0 Å². The molecule has 1 saturated heterocycles. The molecule has 1 amide bonds. The number of likely N-dealkylation sites (tertiary alicyclic amines) is 1. The molecule has 0 aromatic heterocycles. The molecule has 0 aliphatic carbocycles. The number of hydrogen-bond acceptors (Lipinski definition) is 3. The lowest BCUT2D eigenvalue weighted by atomic mass is 9.98. The molecule has 1 atom stereocenters. The van der Waals surface area contributed by atoms with Gasteiger partial charge in [-0.15, -0.1) is 0 Å². The average molecular weight is 313 g/mol. The van der Waals surface area contributed by atoms with E-state index in [0.29, 0.717) is 13.1 Å². The van der Waals surface area contributed by atoms with Gasteiger partial charge in [-0.2, -0.15) is 0 Å². The summed E-state index contributed by atoms with van der Waals surface area (Å²) in [4.78, 5) is 16.5. The van der Waals surface area contributed by atoms with Gasteiger partial charge in [0.2, 0.25) is 5.91 Å². The zero-order chi connectivity index (χ0) is 16.5. The molecule has 23 heavy (non-hydrogen) atoms. The van der Waals surface area contributed by atoms with Crippen molar-refractivity contribution in [2.75, 3.05) is 40.3 Å². The number of nitrogens with one attached hydrogen (secondary N) is 1. The molecule has 1 aliphatic heterocycles. The van der Waals surface area contributed by atoms with Crippen molar-refractivity contribution in [3.05, 3.63) is 35.9 Å². The highest BCUT2D eigenvalue weighted by Gasteiger charge is 2.23. The van der Waals surface area contributed by atoms with E-state index in [2.05, 4.69) is 53.2 Å². The van der Waals surface area contributed by atoms with Crippen molar-refractivity contribution < 1.29 is 4.79 Å². The molecule has 2 rings (SSSR count). The van der Waals surface area contributed by atoms with Crippen LogP contribution < -0.4 is 5.32 Å². The van der Waals surface area contributed by atoms with Crippen LogP contribution in [-0.2, 0) is 11.3 Å². The monoisotopic (exact) mass is 313 g/mol. The minimum atomic E-state index is 0.122. The first-order valence-electron chi connectivity index (χ1n) is 8.29. The predicted octanol–water partition coefficient (Wildman–Crippen LogP) is 1.58. The number of benzene rings is 1. The van der Waals surface area contributed by atoms with E-state index in [-0.39, 0.29) is 11.8 Å². The lowest BCUT2D eigenvalue weighted by molar-refractivity contribution is -0.126. The van der Waals surface area contributed by atoms with Gasteiger partial charge in [-0.1, -0.05) is 42.2 Å². The second-order valence-electron chi connectivity index (χ2n) is 6.33. The Balaban J connectivity index is 1.64. The normalized spacial score (nSPS) is 18.3. The molecule has 1 aliphatic rings. The Morgan fingerprint density at radius 2 is 2.13 bits per heavy atom. The number of piperidine rings is 1. The van der Waals surface area contributed by atoms with E-state index < -0.39 is 0 Å². The van der Waals surface area contributed by atoms with E-state index in [9.17, 15) is 4.79 Å². The van der Waals surface area contributed by atoms with Gasteiger partial charge in [0.1, 0.15) is 0 Å². The van der Waals surface area contributed by atoms with Crippen LogP contribution in [0.5, 0.6) is 0 Å². The number of amides is 1. The summed E-state index contributed by atoms with van der Waals surface area (Å²) in [6, 6.07) is 10.4. The minimum absolute atomic E-state index is 0.122. The van der Waals surface area contributed by atoms with Gasteiger partial charge in [-0.25, -0.2) is 0 Å². The van der Waals surface area contributed by atoms with Crippen molar-refractivity contribution in [2.24, 2.45) is 5.92 Å². The Kier molecular flexibility index (Phi) is 7.12. The highest BCUT2D eigenvalue weighted by molar-refractivity contribution is 5.79. The molecule has 1 fully saturated rings. The summed E-state index contributed by atoms with van der Waals surface area (Å²) >= 11 is 0. The smallest absolute Gasteiger partial charge is 0.225 e. The fourth-order valence-corrected chi connectivity index (χ4v) is 2.86. The van der Waals surface area contributed by atoms with Gasteiger partial charge in [0.15, 0.2) is 0 Å². The van der Waals surface area contributed by atoms with Crippen molar-refractivity contribution >= 4 is 5.91 Å². The van der Waals surface area contributed by atoms with E-state index in [1.807, 2.05) is 18.2 Å². The predicted molar refractivity (Wildman–Crippen MR) is 93.8 cm³/mol. The van der Waals surface area contributed by atoms with Crippen LogP contribution in [0.4, 0.5) is 0 Å². The standard InChI is InChI=1S/C19H27N3O/c1-21(15-17-9-4-3-5-10-17)13-7-6-12-20-19(23)18-11-8-14-22(2)16-18/h3-5,9-10,18H,8,11-16H2,1-2H3,(H,20,23)/t18-/m0/s1. The lowest BCUT2D eigenvalue weighted by Crippen LogP contribution is -2.41. The maximum absolute atomic E-state index is 12.1. The quantitative estimate of drug-likeness (QED) is 0.839. The molecule has 0 bridgehead atoms. The molecular formula is C19H27N3O. The summed E-state index contributed by atoms with van der Waals surface area (Å²) in [6.45, 7) is 3.99. The van der Waals surface area contributed by atoms with E-state index >= 15 is 0 Å². The minimum Gasteiger partial charge on any atom is -0.345 e. The second-order valence-corrected chi connectivity index (χ2v) is 6.33. The van der Waals surface area contributed by atoms with E-state index in [0.717, 1.165) is 32.5 Å². The molecule has 0 unspecified atom stereocenters. The summed E-state index contributed by atoms with van der Waals surface area (Å²) in [6.07, 6.45) is 2.09. The SMILES string of the molecule is CN(CC#CCNC(=O)[C@H]1CCCN(C)C1)Cc1ccccc1. The van der Waals surface area contributed by atoms with Crippen LogP contribution in [0.25, 0.3) is 0 Å². The van der Waals surface area contributed by atoms with Gasteiger partial charge < -0.3 is 10.2 Å². The molecule has 4 nitrogen and oxygen atoms in total. The average Bonchev–Trinajstić information content (AvgIpc) is 2.55. The van der Waals surface area contributed by atoms with E-state index in [4.69, 9.17) is 0 Å². The van der Waals surface area contributed by atoms with Gasteiger partial charge in [0.25, 0.3) is 0 Å². The van der Waals surface area contributed by atoms with Crippen LogP contribution in [0.15, 0.2) is 30.3 Å². The fourth-order valence-electron chi connectivity index (χ4n) is 2.86. The van der Waals surface area contributed by atoms with Crippen LogP contribution >= 0.6 is 0 Å². The Bertz CT molecular complexity index is 547. The highest BCUT2D eigenvalue weighted by Crippen LogP contribution is 2.14. The first kappa shape index (κ1) is 17.5. The van der Waals surface area contributed by atoms with Crippen LogP contribution in [0.1, 0.15) is 18.4 Å². The number of carbonyl (C=O) groups excluding carboxylic acids is 1. The summed E-state index contributed by atoms with van der Waals surface area (Å²) in [5, 5.41) is 2.94. The molecule has 1 aromatic carbocycles. The zero-order valence-corrected chi connectivity index (χ0v) is 14.2. The molecular weight excluding hydrogens is 286 g/mol. The van der Waals surface area contributed by atoms with Crippen LogP contribution in [0, 0.1) is 17.8 Å². The van der Waals surface area contributed by atoms with Gasteiger partial charge >= 0.3 is 0 Å². The lowest BCUT2D eigenvalue weighted by Gasteiger charge is -2.28. The highest BCUT2D eigenvalue weighted by atomic mass is 16.1. The Hall–Kier alpha value is -1.83. The number of nitrogens with zero attached hydrogens (tertiary/aromatic N) is 2. The van der Waals surface area contributed by atoms with Crippen molar-refractivity contribution in [3.8, 4) is 11.8 Å². The maximum atomic E-state index is 12.1. The summed E-state index contributed by atoms with van der Waals surface area (Å²) in [5.74, 6) is 6.43. The Labute approximate surface area is 139 Å². The van der Waals surface area contributed by atoms with Gasteiger partial charge in [-0.3, -0.25) is 9.69 Å². The number of rotatable bonds is 5. The summed E-state index contributed by atoms with van der Waals surface area (Å²) in [5.41, 5.74) is 1.28. The first-order chi connectivity index (χ1) is 11.1. The second kappa shape index (κ2) is 9.34. The van der Waals surface area contributed by atoms with E-state index in [1.54, 1.807) is 0 Å². The molecule has 0 spiro atoms. The third-order valence-corrected chi connectivity index (χ3v) is 4.12. The number of carbonyl (C=O) groups is 1. The summed E-state index contributed by atoms with van der Waals surface area (Å²) in [7, 11) is 4.12.